The topological polar surface area (TPSA) is 46.2 Å². The maximum absolute atomic E-state index is 9.17. The van der Waals surface area contributed by atoms with Gasteiger partial charge in [0.05, 0.1) is 18.3 Å². The fraction of sp³-hybridized carbons (Fsp3) is 0.357. The summed E-state index contributed by atoms with van der Waals surface area (Å²) >= 11 is 0. The lowest BCUT2D eigenvalue weighted by atomic mass is 9.90. The van der Waals surface area contributed by atoms with Gasteiger partial charge in [-0.25, -0.2) is 0 Å². The van der Waals surface area contributed by atoms with E-state index in [4.69, 9.17) is 9.15 Å². The molecule has 3 heteroatoms. The minimum atomic E-state index is -0.141. The van der Waals surface area contributed by atoms with Crippen molar-refractivity contribution < 1.29 is 9.15 Å². The van der Waals surface area contributed by atoms with Gasteiger partial charge >= 0.3 is 0 Å². The van der Waals surface area contributed by atoms with E-state index < -0.39 is 0 Å². The number of rotatable bonds is 1. The first-order valence-corrected chi connectivity index (χ1v) is 5.87. The molecule has 3 rings (SSSR count). The molecule has 1 fully saturated rings. The molecule has 3 nitrogen and oxygen atoms in total. The van der Waals surface area contributed by atoms with E-state index in [0.717, 1.165) is 36.0 Å². The molecule has 1 aromatic carbocycles. The molecule has 2 aromatic rings. The zero-order valence-electron chi connectivity index (χ0n) is 9.43. The molecule has 2 unspecified atom stereocenters. The molecule has 0 spiro atoms. The van der Waals surface area contributed by atoms with Crippen molar-refractivity contribution in [3.63, 3.8) is 0 Å². The minimum Gasteiger partial charge on any atom is -0.464 e. The summed E-state index contributed by atoms with van der Waals surface area (Å²) in [4.78, 5) is 0. The lowest BCUT2D eigenvalue weighted by Crippen LogP contribution is -2.21. The zero-order chi connectivity index (χ0) is 11.7. The number of hydrogen-bond acceptors (Lipinski definition) is 3. The molecule has 2 heterocycles. The average molecular weight is 227 g/mol. The summed E-state index contributed by atoms with van der Waals surface area (Å²) in [5.41, 5.74) is 1.86. The van der Waals surface area contributed by atoms with Crippen LogP contribution in [0.15, 0.2) is 34.9 Å². The molecule has 0 radical (unpaired) electrons. The highest BCUT2D eigenvalue weighted by molar-refractivity contribution is 5.81. The predicted molar refractivity (Wildman–Crippen MR) is 63.2 cm³/mol. The molecular formula is C14H13NO2. The van der Waals surface area contributed by atoms with Crippen molar-refractivity contribution in [1.82, 2.24) is 0 Å². The van der Waals surface area contributed by atoms with Crippen molar-refractivity contribution in [3.05, 3.63) is 36.1 Å². The summed E-state index contributed by atoms with van der Waals surface area (Å²) in [7, 11) is 0. The Hall–Kier alpha value is -1.79. The van der Waals surface area contributed by atoms with Crippen LogP contribution in [0.2, 0.25) is 0 Å². The fourth-order valence-corrected chi connectivity index (χ4v) is 2.44. The number of nitriles is 1. The van der Waals surface area contributed by atoms with E-state index in [-0.39, 0.29) is 12.0 Å². The predicted octanol–water partition coefficient (Wildman–Crippen LogP) is 3.42. The van der Waals surface area contributed by atoms with Crippen molar-refractivity contribution in [3.8, 4) is 6.07 Å². The lowest BCUT2D eigenvalue weighted by molar-refractivity contribution is -0.00968. The standard InChI is InChI=1S/C14H13NO2/c15-8-10-4-3-7-16-14(10)12-9-17-13-6-2-1-5-11(12)13/h1-2,5-6,9-10,14H,3-4,7H2. The second kappa shape index (κ2) is 4.23. The van der Waals surface area contributed by atoms with Gasteiger partial charge in [0.1, 0.15) is 11.7 Å². The van der Waals surface area contributed by atoms with E-state index in [1.54, 1.807) is 6.26 Å². The van der Waals surface area contributed by atoms with Gasteiger partial charge in [-0.2, -0.15) is 5.26 Å². The maximum atomic E-state index is 9.17. The highest BCUT2D eigenvalue weighted by atomic mass is 16.5. The molecule has 86 valence electrons. The summed E-state index contributed by atoms with van der Waals surface area (Å²) in [5.74, 6) is -0.0650. The number of fused-ring (bicyclic) bond motifs is 1. The van der Waals surface area contributed by atoms with Crippen molar-refractivity contribution >= 4 is 11.0 Å². The Balaban J connectivity index is 2.05. The van der Waals surface area contributed by atoms with Crippen LogP contribution in [0.1, 0.15) is 24.5 Å². The van der Waals surface area contributed by atoms with Crippen molar-refractivity contribution in [2.75, 3.05) is 6.61 Å². The lowest BCUT2D eigenvalue weighted by Gasteiger charge is -2.26. The largest absolute Gasteiger partial charge is 0.464 e. The van der Waals surface area contributed by atoms with E-state index in [1.165, 1.54) is 0 Å². The number of furan rings is 1. The van der Waals surface area contributed by atoms with Gasteiger partial charge in [0.15, 0.2) is 0 Å². The van der Waals surface area contributed by atoms with E-state index in [1.807, 2.05) is 24.3 Å². The van der Waals surface area contributed by atoms with E-state index >= 15 is 0 Å². The minimum absolute atomic E-state index is 0.0650. The monoisotopic (exact) mass is 227 g/mol. The van der Waals surface area contributed by atoms with Crippen LogP contribution < -0.4 is 0 Å². The molecule has 1 aromatic heterocycles. The van der Waals surface area contributed by atoms with Gasteiger partial charge < -0.3 is 9.15 Å². The molecule has 0 saturated carbocycles. The molecule has 2 atom stereocenters. The van der Waals surface area contributed by atoms with Crippen LogP contribution >= 0.6 is 0 Å². The quantitative estimate of drug-likeness (QED) is 0.749. The van der Waals surface area contributed by atoms with Crippen molar-refractivity contribution in [2.45, 2.75) is 18.9 Å². The van der Waals surface area contributed by atoms with Crippen LogP contribution in [-0.4, -0.2) is 6.61 Å². The molecule has 1 aliphatic heterocycles. The van der Waals surface area contributed by atoms with Crippen LogP contribution in [0, 0.1) is 17.2 Å². The van der Waals surface area contributed by atoms with E-state index in [2.05, 4.69) is 6.07 Å². The zero-order valence-corrected chi connectivity index (χ0v) is 9.43. The second-order valence-corrected chi connectivity index (χ2v) is 4.36. The Labute approximate surface area is 99.6 Å². The van der Waals surface area contributed by atoms with E-state index in [0.29, 0.717) is 0 Å². The first-order chi connectivity index (χ1) is 8.40. The third-order valence-corrected chi connectivity index (χ3v) is 3.31. The third-order valence-electron chi connectivity index (χ3n) is 3.31. The van der Waals surface area contributed by atoms with Gasteiger partial charge in [0.2, 0.25) is 0 Å². The fourth-order valence-electron chi connectivity index (χ4n) is 2.44. The molecular weight excluding hydrogens is 214 g/mol. The van der Waals surface area contributed by atoms with Gasteiger partial charge in [-0.15, -0.1) is 0 Å². The number of para-hydroxylation sites is 1. The van der Waals surface area contributed by atoms with Crippen LogP contribution in [0.3, 0.4) is 0 Å². The van der Waals surface area contributed by atoms with Crippen LogP contribution in [0.5, 0.6) is 0 Å². The molecule has 17 heavy (non-hydrogen) atoms. The SMILES string of the molecule is N#CC1CCCOC1c1coc2ccccc12. The Morgan fingerprint density at radius 1 is 1.29 bits per heavy atom. The third kappa shape index (κ3) is 1.71. The highest BCUT2D eigenvalue weighted by Crippen LogP contribution is 2.37. The van der Waals surface area contributed by atoms with Crippen molar-refractivity contribution in [1.29, 1.82) is 5.26 Å². The van der Waals surface area contributed by atoms with Gasteiger partial charge in [-0.1, -0.05) is 18.2 Å². The summed E-state index contributed by atoms with van der Waals surface area (Å²) in [6.07, 6.45) is 3.45. The summed E-state index contributed by atoms with van der Waals surface area (Å²) in [6, 6.07) is 10.2. The maximum Gasteiger partial charge on any atom is 0.134 e. The first-order valence-electron chi connectivity index (χ1n) is 5.87. The Morgan fingerprint density at radius 2 is 2.18 bits per heavy atom. The molecule has 1 aliphatic rings. The summed E-state index contributed by atoms with van der Waals surface area (Å²) in [6.45, 7) is 0.725. The number of nitrogens with zero attached hydrogens (tertiary/aromatic N) is 1. The number of benzene rings is 1. The van der Waals surface area contributed by atoms with E-state index in [9.17, 15) is 5.26 Å². The summed E-state index contributed by atoms with van der Waals surface area (Å²) < 4.78 is 11.3. The molecule has 0 bridgehead atoms. The normalized spacial score (nSPS) is 24.6. The van der Waals surface area contributed by atoms with Gasteiger partial charge in [0.25, 0.3) is 0 Å². The number of hydrogen-bond donors (Lipinski definition) is 0. The Bertz CT molecular complexity index is 567. The Morgan fingerprint density at radius 3 is 3.06 bits per heavy atom. The molecule has 0 amide bonds. The molecule has 0 N–H and O–H groups in total. The summed E-state index contributed by atoms with van der Waals surface area (Å²) in [5, 5.41) is 10.2. The number of ether oxygens (including phenoxy) is 1. The van der Waals surface area contributed by atoms with Gasteiger partial charge in [-0.3, -0.25) is 0 Å². The first kappa shape index (κ1) is 10.4. The Kier molecular flexibility index (Phi) is 2.58. The molecule has 0 aliphatic carbocycles. The van der Waals surface area contributed by atoms with Gasteiger partial charge in [-0.05, 0) is 18.9 Å². The van der Waals surface area contributed by atoms with Crippen LogP contribution in [-0.2, 0) is 4.74 Å². The second-order valence-electron chi connectivity index (χ2n) is 4.36. The highest BCUT2D eigenvalue weighted by Gasteiger charge is 2.29. The van der Waals surface area contributed by atoms with Gasteiger partial charge in [0, 0.05) is 17.6 Å². The molecule has 1 saturated heterocycles. The smallest absolute Gasteiger partial charge is 0.134 e. The van der Waals surface area contributed by atoms with Crippen LogP contribution in [0.4, 0.5) is 0 Å². The van der Waals surface area contributed by atoms with Crippen LogP contribution in [0.25, 0.3) is 11.0 Å². The average Bonchev–Trinajstić information content (AvgIpc) is 2.82. The van der Waals surface area contributed by atoms with Crippen molar-refractivity contribution in [2.24, 2.45) is 5.92 Å².